The molecule has 39 nitrogen and oxygen atoms in total. The number of hydrogen-bond acceptors (Lipinski definition) is 30. The number of carbonyl (C=O) groups excluding carboxylic acids is 17. The molecule has 0 spiro atoms. The molecule has 0 unspecified atom stereocenters. The van der Waals surface area contributed by atoms with Gasteiger partial charge in [0.2, 0.25) is 29.5 Å². The summed E-state index contributed by atoms with van der Waals surface area (Å²) in [5, 5.41) is 51.6. The summed E-state index contributed by atoms with van der Waals surface area (Å²) in [6.07, 6.45) is -9.46. The summed E-state index contributed by atoms with van der Waals surface area (Å²) in [4.78, 5) is 237. The lowest BCUT2D eigenvalue weighted by atomic mass is 10.0. The summed E-state index contributed by atoms with van der Waals surface area (Å²) < 4.78 is 0. The van der Waals surface area contributed by atoms with Crippen LogP contribution < -0.4 is 98.2 Å². The highest BCUT2D eigenvalue weighted by Gasteiger charge is 2.39. The van der Waals surface area contributed by atoms with Gasteiger partial charge in [-0.25, -0.2) is 0 Å². The number of aldehydes is 8. The van der Waals surface area contributed by atoms with Crippen molar-refractivity contribution in [3.63, 3.8) is 0 Å². The van der Waals surface area contributed by atoms with Crippen molar-refractivity contribution < 1.29 is 91.7 Å². The molecule has 594 valence electrons. The Kier molecular flexibility index (Phi) is 41.9. The van der Waals surface area contributed by atoms with Crippen molar-refractivity contribution in [1.29, 1.82) is 0 Å². The third-order valence-electron chi connectivity index (χ3n) is 16.5. The zero-order valence-electron chi connectivity index (χ0n) is 60.5. The summed E-state index contributed by atoms with van der Waals surface area (Å²) in [5.41, 5.74) is 34.3. The molecule has 0 aliphatic carbocycles. The SMILES string of the molecule is CN[C@@H](N[C@H](C=O)Cc1ccccc1)C(=O)C[C@@H](N[C@H](C=O)CC(N)=O)C(=O)N[C@@H](N[C@@H](C)C=O)C(=O)C[C@@H](N[C@H](C=O)Cc1ccc(O)cc1)C(=O)N[C@@H](N[C@H](C=O)Cc1ccc(O)cc1)C(=O)C[C@@H](N[C@@H](C)C=O)C(=O)N[C@@H](N[C@H](C=O)CCCN=C(N)N)C(=O)C[C@@H](N[C@H](C=O)CCCN=C(N)N)C(N)=O. The van der Waals surface area contributed by atoms with E-state index in [0.29, 0.717) is 60.7 Å². The summed E-state index contributed by atoms with van der Waals surface area (Å²) in [5.74, 6) is -11.1. The van der Waals surface area contributed by atoms with Gasteiger partial charge < -0.3 is 98.9 Å². The van der Waals surface area contributed by atoms with Crippen LogP contribution in [-0.4, -0.2) is 242 Å². The number of nitrogens with one attached hydrogen (secondary N) is 12. The van der Waals surface area contributed by atoms with Gasteiger partial charge in [0, 0.05) is 45.2 Å². The summed E-state index contributed by atoms with van der Waals surface area (Å²) >= 11 is 0. The van der Waals surface area contributed by atoms with Crippen LogP contribution in [0.5, 0.6) is 11.5 Å². The van der Waals surface area contributed by atoms with E-state index in [-0.39, 0.29) is 87.7 Å². The van der Waals surface area contributed by atoms with Crippen molar-refractivity contribution in [3.8, 4) is 11.5 Å². The van der Waals surface area contributed by atoms with E-state index in [1.54, 1.807) is 30.3 Å². The molecule has 0 heterocycles. The Morgan fingerprint density at radius 2 is 0.697 bits per heavy atom. The zero-order valence-corrected chi connectivity index (χ0v) is 60.5. The first-order valence-electron chi connectivity index (χ1n) is 34.6. The van der Waals surface area contributed by atoms with Crippen LogP contribution in [0, 0.1) is 0 Å². The molecule has 0 radical (unpaired) electrons. The average molecular weight is 1530 g/mol. The largest absolute Gasteiger partial charge is 0.508 e. The van der Waals surface area contributed by atoms with Crippen LogP contribution in [0.3, 0.4) is 0 Å². The van der Waals surface area contributed by atoms with Crippen LogP contribution >= 0.6 is 0 Å². The number of rotatable bonds is 60. The second-order valence-electron chi connectivity index (χ2n) is 25.5. The van der Waals surface area contributed by atoms with E-state index < -0.39 is 182 Å². The first-order chi connectivity index (χ1) is 51.9. The monoisotopic (exact) mass is 1520 g/mol. The van der Waals surface area contributed by atoms with Gasteiger partial charge in [0.05, 0.1) is 72.5 Å². The maximum Gasteiger partial charge on any atom is 0.239 e. The van der Waals surface area contributed by atoms with Crippen LogP contribution in [0.4, 0.5) is 0 Å². The molecule has 39 heteroatoms. The standard InChI is InChI=1S/C70H100N20O19/c1-39(31-91)80-53(66(107)89-64(85-45(34-94)12-8-22-79-70(75)76)57(102)27-52(61(72)106)82-44(33-93)11-7-21-78-69(73)74)28-59(104)65(87-48(37-97)25-43-15-19-51(100)20-16-43)90-68(109)55(83-46(35-95)24-42-13-17-50(99)18-14-42)30-58(103)63(81-40(2)32-92)88-67(108)54(84-49(38-98)26-60(71)105)29-56(101)62(77-3)86-47(36-96)23-41-9-5-4-6-10-41/h4-6,9-10,13-20,31-40,44-49,52-55,62-65,77,80-87,99-100H,7-8,11-12,21-30H2,1-3H3,(H2,71,105)(H2,72,106)(H,88,108)(H,89,107)(H,90,109)(H4,73,74,78)(H4,75,76,79)/t39-,40-,44-,45-,46-,47-,48-,49-,52+,53+,54+,55+,62-,63+,64+,65+/m0/s1. The highest BCUT2D eigenvalue weighted by molar-refractivity contribution is 6.00. The predicted molar refractivity (Wildman–Crippen MR) is 394 cm³/mol. The van der Waals surface area contributed by atoms with Gasteiger partial charge in [0.1, 0.15) is 86.5 Å². The molecule has 3 aromatic rings. The zero-order chi connectivity index (χ0) is 81.1. The van der Waals surface area contributed by atoms with E-state index in [2.05, 4.69) is 73.8 Å². The van der Waals surface area contributed by atoms with E-state index in [0.717, 1.165) is 0 Å². The third kappa shape index (κ3) is 35.4. The summed E-state index contributed by atoms with van der Waals surface area (Å²) in [7, 11) is 1.36. The molecule has 26 N–H and O–H groups in total. The molecule has 109 heavy (non-hydrogen) atoms. The Hall–Kier alpha value is -11.2. The van der Waals surface area contributed by atoms with Crippen molar-refractivity contribution in [3.05, 3.63) is 95.6 Å². The minimum atomic E-state index is -2.15. The molecule has 16 atom stereocenters. The van der Waals surface area contributed by atoms with E-state index in [4.69, 9.17) is 34.4 Å². The number of phenolic OH excluding ortho intramolecular Hbond substituents is 2. The summed E-state index contributed by atoms with van der Waals surface area (Å²) in [6, 6.07) is 1.62. The number of Topliss-reactive ketones (excluding diaryl/α,β-unsaturated/α-hetero) is 4. The van der Waals surface area contributed by atoms with Crippen molar-refractivity contribution in [2.24, 2.45) is 44.4 Å². The van der Waals surface area contributed by atoms with Crippen LogP contribution in [0.2, 0.25) is 0 Å². The number of benzene rings is 3. The van der Waals surface area contributed by atoms with Crippen molar-refractivity contribution in [2.45, 2.75) is 188 Å². The topological polar surface area (TPSA) is 656 Å². The molecular weight excluding hydrogens is 1420 g/mol. The lowest BCUT2D eigenvalue weighted by molar-refractivity contribution is -0.135. The number of amides is 5. The highest BCUT2D eigenvalue weighted by Crippen LogP contribution is 2.16. The number of primary amides is 2. The number of likely N-dealkylation sites (N-methyl/N-ethyl adjacent to an activating group) is 1. The number of nitrogens with two attached hydrogens (primary N) is 6. The Labute approximate surface area is 627 Å². The van der Waals surface area contributed by atoms with Crippen LogP contribution in [0.15, 0.2) is 88.8 Å². The van der Waals surface area contributed by atoms with Gasteiger partial charge in [-0.3, -0.25) is 101 Å². The lowest BCUT2D eigenvalue weighted by Crippen LogP contribution is -2.63. The maximum absolute atomic E-state index is 15.3. The molecule has 5 amide bonds. The number of guanidine groups is 2. The van der Waals surface area contributed by atoms with Gasteiger partial charge in [-0.2, -0.15) is 0 Å². The molecule has 3 rings (SSSR count). The fourth-order valence-electron chi connectivity index (χ4n) is 10.8. The van der Waals surface area contributed by atoms with Crippen molar-refractivity contribution in [2.75, 3.05) is 20.1 Å². The molecule has 0 saturated heterocycles. The smallest absolute Gasteiger partial charge is 0.239 e. The Morgan fingerprint density at radius 3 is 1.07 bits per heavy atom. The van der Waals surface area contributed by atoms with Crippen LogP contribution in [-0.2, 0) is 101 Å². The Morgan fingerprint density at radius 1 is 0.376 bits per heavy atom. The van der Waals surface area contributed by atoms with E-state index in [1.807, 2.05) is 0 Å². The molecule has 0 aliphatic rings. The molecule has 0 aromatic heterocycles. The number of nitrogens with zero attached hydrogens (tertiary/aromatic N) is 2. The van der Waals surface area contributed by atoms with Crippen LogP contribution in [0.1, 0.15) is 88.3 Å². The number of aromatic hydroxyl groups is 2. The second-order valence-corrected chi connectivity index (χ2v) is 25.5. The van der Waals surface area contributed by atoms with E-state index in [1.165, 1.54) is 69.4 Å². The Bertz CT molecular complexity index is 3590. The lowest BCUT2D eigenvalue weighted by Gasteiger charge is -2.30. The molecule has 0 aliphatic heterocycles. The summed E-state index contributed by atoms with van der Waals surface area (Å²) in [6.45, 7) is 2.57. The normalized spacial score (nSPS) is 15.6. The second kappa shape index (κ2) is 49.6. The fourth-order valence-corrected chi connectivity index (χ4v) is 10.8. The van der Waals surface area contributed by atoms with Gasteiger partial charge >= 0.3 is 0 Å². The Balaban J connectivity index is 2.26. The average Bonchev–Trinajstić information content (AvgIpc) is 0.845. The van der Waals surface area contributed by atoms with Gasteiger partial charge in [0.25, 0.3) is 0 Å². The van der Waals surface area contributed by atoms with Gasteiger partial charge in [-0.1, -0.05) is 54.6 Å². The van der Waals surface area contributed by atoms with E-state index in [9.17, 15) is 77.3 Å². The minimum absolute atomic E-state index is 0.0116. The van der Waals surface area contributed by atoms with E-state index >= 15 is 14.4 Å². The molecule has 0 saturated carbocycles. The van der Waals surface area contributed by atoms with Gasteiger partial charge in [-0.15, -0.1) is 0 Å². The minimum Gasteiger partial charge on any atom is -0.508 e. The first kappa shape index (κ1) is 92.0. The van der Waals surface area contributed by atoms with Crippen molar-refractivity contribution in [1.82, 2.24) is 63.8 Å². The van der Waals surface area contributed by atoms with Gasteiger partial charge in [-0.05, 0) is 107 Å². The quantitative estimate of drug-likeness (QED) is 0.00820. The highest BCUT2D eigenvalue weighted by atomic mass is 16.3. The molecular formula is C70H100N20O19. The van der Waals surface area contributed by atoms with Gasteiger partial charge in [0.15, 0.2) is 35.1 Å². The van der Waals surface area contributed by atoms with Crippen molar-refractivity contribution >= 4 is 115 Å². The number of hydrogen-bond donors (Lipinski definition) is 20. The number of phenols is 2. The van der Waals surface area contributed by atoms with Crippen LogP contribution in [0.25, 0.3) is 0 Å². The molecule has 0 fully saturated rings. The maximum atomic E-state index is 15.3. The fraction of sp³-hybridized carbons (Fsp3) is 0.471. The predicted octanol–water partition coefficient (Wildman–Crippen LogP) is -7.93. The molecule has 3 aromatic carbocycles. The first-order valence-corrected chi connectivity index (χ1v) is 34.6. The number of aliphatic imine (C=N–C) groups is 2. The third-order valence-corrected chi connectivity index (χ3v) is 16.5. The number of carbonyl (C=O) groups is 17. The molecule has 0 bridgehead atoms. The number of ketones is 4.